The Kier molecular flexibility index (Phi) is 7.55. The first kappa shape index (κ1) is 19.5. The second-order valence-electron chi connectivity index (χ2n) is 5.37. The summed E-state index contributed by atoms with van der Waals surface area (Å²) in [6, 6.07) is 9.08. The summed E-state index contributed by atoms with van der Waals surface area (Å²) in [5.41, 5.74) is 0.704. The van der Waals surface area contributed by atoms with E-state index in [2.05, 4.69) is 18.7 Å². The molecule has 0 spiro atoms. The second kappa shape index (κ2) is 8.91. The van der Waals surface area contributed by atoms with Crippen LogP contribution in [0.15, 0.2) is 35.1 Å². The fraction of sp³-hybridized carbons (Fsp3) is 0.471. The molecule has 1 unspecified atom stereocenters. The van der Waals surface area contributed by atoms with Crippen molar-refractivity contribution >= 4 is 23.3 Å². The first-order valence-corrected chi connectivity index (χ1v) is 7.68. The zero-order valence-corrected chi connectivity index (χ0v) is 14.7. The van der Waals surface area contributed by atoms with E-state index in [1.54, 1.807) is 11.6 Å². The Balaban J connectivity index is 0.00000264. The van der Waals surface area contributed by atoms with Gasteiger partial charge in [0.05, 0.1) is 5.52 Å². The van der Waals surface area contributed by atoms with Crippen molar-refractivity contribution in [2.24, 2.45) is 7.05 Å². The quantitative estimate of drug-likeness (QED) is 0.838. The summed E-state index contributed by atoms with van der Waals surface area (Å²) in [6.45, 7) is 6.64. The number of nitrogens with zero attached hydrogens (tertiary/aromatic N) is 2. The SMILES string of the molecule is CCN(CC)CC(O)COc1cc(=O)n(C)c2ccccc12.Cl. The number of pyridine rings is 1. The number of aliphatic hydroxyl groups is 1. The molecule has 0 aliphatic heterocycles. The molecule has 0 radical (unpaired) electrons. The van der Waals surface area contributed by atoms with Crippen LogP contribution in [-0.2, 0) is 7.05 Å². The first-order valence-electron chi connectivity index (χ1n) is 7.68. The fourth-order valence-electron chi connectivity index (χ4n) is 2.52. The lowest BCUT2D eigenvalue weighted by Gasteiger charge is -2.22. The van der Waals surface area contributed by atoms with Crippen LogP contribution in [0.3, 0.4) is 0 Å². The second-order valence-corrected chi connectivity index (χ2v) is 5.37. The standard InChI is InChI=1S/C17H24N2O3.ClH/c1-4-19(5-2)11-13(20)12-22-16-10-17(21)18(3)15-9-7-6-8-14(15)16;/h6-10,13,20H,4-5,11-12H2,1-3H3;1H. The molecule has 2 aromatic rings. The number of likely N-dealkylation sites (N-methyl/N-ethyl adjacent to an activating group) is 1. The van der Waals surface area contributed by atoms with E-state index in [-0.39, 0.29) is 24.6 Å². The van der Waals surface area contributed by atoms with E-state index < -0.39 is 6.10 Å². The summed E-state index contributed by atoms with van der Waals surface area (Å²) >= 11 is 0. The molecule has 23 heavy (non-hydrogen) atoms. The summed E-state index contributed by atoms with van der Waals surface area (Å²) in [5, 5.41) is 11.0. The Bertz CT molecular complexity index is 683. The third-order valence-electron chi connectivity index (χ3n) is 3.91. The highest BCUT2D eigenvalue weighted by Gasteiger charge is 2.12. The lowest BCUT2D eigenvalue weighted by Crippen LogP contribution is -2.35. The van der Waals surface area contributed by atoms with Crippen LogP contribution in [-0.4, -0.2) is 46.9 Å². The van der Waals surface area contributed by atoms with Gasteiger partial charge in [-0.25, -0.2) is 0 Å². The zero-order valence-electron chi connectivity index (χ0n) is 13.9. The maximum absolute atomic E-state index is 12.0. The Morgan fingerprint density at radius 1 is 1.26 bits per heavy atom. The lowest BCUT2D eigenvalue weighted by atomic mass is 10.2. The van der Waals surface area contributed by atoms with Crippen LogP contribution in [0.4, 0.5) is 0 Å². The lowest BCUT2D eigenvalue weighted by molar-refractivity contribution is 0.0721. The molecule has 0 amide bonds. The number of halogens is 1. The van der Waals surface area contributed by atoms with E-state index in [4.69, 9.17) is 4.74 Å². The van der Waals surface area contributed by atoms with Crippen LogP contribution < -0.4 is 10.3 Å². The van der Waals surface area contributed by atoms with Crippen LogP contribution in [0.5, 0.6) is 5.75 Å². The van der Waals surface area contributed by atoms with Crippen molar-refractivity contribution in [3.8, 4) is 5.75 Å². The average Bonchev–Trinajstić information content (AvgIpc) is 2.54. The number of hydrogen-bond donors (Lipinski definition) is 1. The van der Waals surface area contributed by atoms with Gasteiger partial charge in [0.15, 0.2) is 0 Å². The number of aryl methyl sites for hydroxylation is 1. The molecule has 1 atom stereocenters. The van der Waals surface area contributed by atoms with Gasteiger partial charge in [-0.1, -0.05) is 26.0 Å². The summed E-state index contributed by atoms with van der Waals surface area (Å²) < 4.78 is 7.31. The highest BCUT2D eigenvalue weighted by atomic mass is 35.5. The van der Waals surface area contributed by atoms with Gasteiger partial charge in [0.2, 0.25) is 0 Å². The Labute approximate surface area is 142 Å². The molecule has 1 heterocycles. The molecule has 2 rings (SSSR count). The van der Waals surface area contributed by atoms with Gasteiger partial charge in [-0.3, -0.25) is 4.79 Å². The van der Waals surface area contributed by atoms with Crippen molar-refractivity contribution in [2.45, 2.75) is 20.0 Å². The van der Waals surface area contributed by atoms with Crippen LogP contribution >= 0.6 is 12.4 Å². The summed E-state index contributed by atoms with van der Waals surface area (Å²) in [6.07, 6.45) is -0.581. The third-order valence-corrected chi connectivity index (χ3v) is 3.91. The minimum Gasteiger partial charge on any atom is -0.490 e. The number of ether oxygens (including phenoxy) is 1. The monoisotopic (exact) mass is 340 g/mol. The van der Waals surface area contributed by atoms with E-state index in [9.17, 15) is 9.90 Å². The third kappa shape index (κ3) is 4.70. The maximum Gasteiger partial charge on any atom is 0.254 e. The van der Waals surface area contributed by atoms with Crippen LogP contribution in [0, 0.1) is 0 Å². The number of rotatable bonds is 7. The molecular weight excluding hydrogens is 316 g/mol. The summed E-state index contributed by atoms with van der Waals surface area (Å²) in [4.78, 5) is 14.1. The molecule has 0 saturated heterocycles. The molecule has 0 fully saturated rings. The van der Waals surface area contributed by atoms with Crippen molar-refractivity contribution < 1.29 is 9.84 Å². The molecule has 0 aliphatic carbocycles. The number of fused-ring (bicyclic) bond motifs is 1. The topological polar surface area (TPSA) is 54.7 Å². The molecular formula is C17H25ClN2O3. The average molecular weight is 341 g/mol. The highest BCUT2D eigenvalue weighted by molar-refractivity contribution is 5.85. The highest BCUT2D eigenvalue weighted by Crippen LogP contribution is 2.23. The number of benzene rings is 1. The van der Waals surface area contributed by atoms with Gasteiger partial charge >= 0.3 is 0 Å². The largest absolute Gasteiger partial charge is 0.490 e. The Morgan fingerprint density at radius 3 is 2.57 bits per heavy atom. The van der Waals surface area contributed by atoms with Gasteiger partial charge in [-0.05, 0) is 25.2 Å². The number of aromatic nitrogens is 1. The summed E-state index contributed by atoms with van der Waals surface area (Å²) in [5.74, 6) is 0.525. The minimum atomic E-state index is -0.581. The van der Waals surface area contributed by atoms with E-state index in [0.717, 1.165) is 24.0 Å². The number of para-hydroxylation sites is 1. The number of aliphatic hydroxyl groups excluding tert-OH is 1. The Morgan fingerprint density at radius 2 is 1.91 bits per heavy atom. The molecule has 5 nitrogen and oxygen atoms in total. The van der Waals surface area contributed by atoms with Gasteiger partial charge < -0.3 is 19.3 Å². The van der Waals surface area contributed by atoms with Crippen molar-refractivity contribution in [1.29, 1.82) is 0 Å². The van der Waals surface area contributed by atoms with Crippen molar-refractivity contribution in [3.05, 3.63) is 40.7 Å². The van der Waals surface area contributed by atoms with Crippen molar-refractivity contribution in [3.63, 3.8) is 0 Å². The van der Waals surface area contributed by atoms with Gasteiger partial charge in [0, 0.05) is 25.0 Å². The van der Waals surface area contributed by atoms with Gasteiger partial charge in [0.25, 0.3) is 5.56 Å². The van der Waals surface area contributed by atoms with Gasteiger partial charge in [-0.15, -0.1) is 12.4 Å². The number of hydrogen-bond acceptors (Lipinski definition) is 4. The molecule has 6 heteroatoms. The maximum atomic E-state index is 12.0. The molecule has 1 aromatic carbocycles. The van der Waals surface area contributed by atoms with Crippen LogP contribution in [0.25, 0.3) is 10.9 Å². The minimum absolute atomic E-state index is 0. The molecule has 1 aromatic heterocycles. The van der Waals surface area contributed by atoms with Crippen LogP contribution in [0.1, 0.15) is 13.8 Å². The predicted molar refractivity (Wildman–Crippen MR) is 95.7 cm³/mol. The van der Waals surface area contributed by atoms with Crippen molar-refractivity contribution in [2.75, 3.05) is 26.2 Å². The normalized spacial score (nSPS) is 12.2. The Hall–Kier alpha value is -1.56. The van der Waals surface area contributed by atoms with Crippen molar-refractivity contribution in [1.82, 2.24) is 9.47 Å². The molecule has 128 valence electrons. The fourth-order valence-corrected chi connectivity index (χ4v) is 2.52. The van der Waals surface area contributed by atoms with E-state index in [0.29, 0.717) is 12.3 Å². The molecule has 0 saturated carbocycles. The molecule has 0 bridgehead atoms. The van der Waals surface area contributed by atoms with E-state index in [1.807, 2.05) is 24.3 Å². The molecule has 1 N–H and O–H groups in total. The zero-order chi connectivity index (χ0) is 16.1. The van der Waals surface area contributed by atoms with Gasteiger partial charge in [-0.2, -0.15) is 0 Å². The summed E-state index contributed by atoms with van der Waals surface area (Å²) in [7, 11) is 1.74. The van der Waals surface area contributed by atoms with E-state index >= 15 is 0 Å². The molecule has 0 aliphatic rings. The predicted octanol–water partition coefficient (Wildman–Crippen LogP) is 2.04. The van der Waals surface area contributed by atoms with Crippen LogP contribution in [0.2, 0.25) is 0 Å². The van der Waals surface area contributed by atoms with E-state index in [1.165, 1.54) is 6.07 Å². The smallest absolute Gasteiger partial charge is 0.254 e. The van der Waals surface area contributed by atoms with Gasteiger partial charge in [0.1, 0.15) is 18.5 Å². The first-order chi connectivity index (χ1) is 10.6.